The summed E-state index contributed by atoms with van der Waals surface area (Å²) in [6, 6.07) is 13.7. The highest BCUT2D eigenvalue weighted by atomic mass is 32.2. The average Bonchev–Trinajstić information content (AvgIpc) is 3.40. The van der Waals surface area contributed by atoms with E-state index in [2.05, 4.69) is 45.6 Å². The molecule has 3 aromatic heterocycles. The Bertz CT molecular complexity index is 1220. The van der Waals surface area contributed by atoms with Crippen LogP contribution in [-0.2, 0) is 4.79 Å². The number of aromatic nitrogens is 5. The lowest BCUT2D eigenvalue weighted by Crippen LogP contribution is -2.23. The van der Waals surface area contributed by atoms with Crippen molar-refractivity contribution in [1.82, 2.24) is 24.9 Å². The van der Waals surface area contributed by atoms with E-state index in [1.165, 1.54) is 11.8 Å². The maximum Gasteiger partial charge on any atom is 0.238 e. The van der Waals surface area contributed by atoms with E-state index >= 15 is 0 Å². The second-order valence-electron chi connectivity index (χ2n) is 7.67. The van der Waals surface area contributed by atoms with Crippen molar-refractivity contribution in [1.29, 1.82) is 0 Å². The SMILES string of the molecule is Cc1cc(NC(=O)C(C)Sc2nnc(-c3cccnc3)n2-c2ccccc2C(C)C)no1. The molecular weight excluding hydrogens is 424 g/mol. The van der Waals surface area contributed by atoms with Crippen LogP contribution in [0.4, 0.5) is 5.82 Å². The zero-order valence-corrected chi connectivity index (χ0v) is 19.1. The van der Waals surface area contributed by atoms with E-state index in [9.17, 15) is 4.79 Å². The van der Waals surface area contributed by atoms with Crippen molar-refractivity contribution in [3.63, 3.8) is 0 Å². The van der Waals surface area contributed by atoms with Crippen LogP contribution in [0.2, 0.25) is 0 Å². The van der Waals surface area contributed by atoms with Crippen molar-refractivity contribution in [2.75, 3.05) is 5.32 Å². The number of nitrogens with zero attached hydrogens (tertiary/aromatic N) is 5. The first-order chi connectivity index (χ1) is 15.4. The van der Waals surface area contributed by atoms with Gasteiger partial charge in [0.1, 0.15) is 5.76 Å². The van der Waals surface area contributed by atoms with Crippen molar-refractivity contribution < 1.29 is 9.32 Å². The Morgan fingerprint density at radius 1 is 1.12 bits per heavy atom. The first-order valence-corrected chi connectivity index (χ1v) is 11.2. The van der Waals surface area contributed by atoms with Crippen LogP contribution in [0.5, 0.6) is 0 Å². The number of aryl methyl sites for hydroxylation is 1. The monoisotopic (exact) mass is 448 g/mol. The number of nitrogens with one attached hydrogen (secondary N) is 1. The van der Waals surface area contributed by atoms with Gasteiger partial charge in [0.05, 0.1) is 10.9 Å². The standard InChI is InChI=1S/C23H24N6O2S/c1-14(2)18-9-5-6-10-19(18)29-21(17-8-7-11-24-13-17)26-27-23(29)32-16(4)22(30)25-20-12-15(3)31-28-20/h5-14,16H,1-4H3,(H,25,28,30). The van der Waals surface area contributed by atoms with Crippen LogP contribution in [0.25, 0.3) is 17.1 Å². The summed E-state index contributed by atoms with van der Waals surface area (Å²) in [5, 5.41) is 15.7. The van der Waals surface area contributed by atoms with E-state index in [-0.39, 0.29) is 5.91 Å². The fourth-order valence-electron chi connectivity index (χ4n) is 3.29. The number of para-hydroxylation sites is 1. The largest absolute Gasteiger partial charge is 0.360 e. The summed E-state index contributed by atoms with van der Waals surface area (Å²) in [5.41, 5.74) is 2.99. The highest BCUT2D eigenvalue weighted by Gasteiger charge is 2.24. The molecule has 0 aliphatic carbocycles. The number of carbonyl (C=O) groups is 1. The first-order valence-electron chi connectivity index (χ1n) is 10.3. The van der Waals surface area contributed by atoms with E-state index in [4.69, 9.17) is 4.52 Å². The summed E-state index contributed by atoms with van der Waals surface area (Å²) in [4.78, 5) is 17.0. The van der Waals surface area contributed by atoms with Crippen LogP contribution < -0.4 is 5.32 Å². The number of rotatable bonds is 7. The third kappa shape index (κ3) is 4.57. The third-order valence-corrected chi connectivity index (χ3v) is 5.93. The van der Waals surface area contributed by atoms with Gasteiger partial charge in [-0.3, -0.25) is 14.3 Å². The number of amides is 1. The molecule has 1 aromatic carbocycles. The number of hydrogen-bond acceptors (Lipinski definition) is 7. The fourth-order valence-corrected chi connectivity index (χ4v) is 4.15. The van der Waals surface area contributed by atoms with E-state index < -0.39 is 5.25 Å². The molecular formula is C23H24N6O2S. The summed E-state index contributed by atoms with van der Waals surface area (Å²) in [6.07, 6.45) is 3.48. The molecule has 1 atom stereocenters. The van der Waals surface area contributed by atoms with Gasteiger partial charge in [0, 0.05) is 24.0 Å². The third-order valence-electron chi connectivity index (χ3n) is 4.88. The lowest BCUT2D eigenvalue weighted by atomic mass is 10.0. The van der Waals surface area contributed by atoms with Crippen LogP contribution in [0.1, 0.15) is 38.0 Å². The molecule has 1 amide bonds. The van der Waals surface area contributed by atoms with Gasteiger partial charge in [-0.25, -0.2) is 0 Å². The molecule has 0 bridgehead atoms. The van der Waals surface area contributed by atoms with Gasteiger partial charge in [-0.2, -0.15) is 0 Å². The fraction of sp³-hybridized carbons (Fsp3) is 0.261. The Kier molecular flexibility index (Phi) is 6.36. The van der Waals surface area contributed by atoms with Gasteiger partial charge in [0.15, 0.2) is 16.8 Å². The molecule has 9 heteroatoms. The summed E-state index contributed by atoms with van der Waals surface area (Å²) in [5.74, 6) is 1.80. The number of benzene rings is 1. The minimum atomic E-state index is -0.442. The van der Waals surface area contributed by atoms with Crippen LogP contribution >= 0.6 is 11.8 Å². The summed E-state index contributed by atoms with van der Waals surface area (Å²) in [7, 11) is 0. The maximum absolute atomic E-state index is 12.7. The number of anilines is 1. The van der Waals surface area contributed by atoms with Gasteiger partial charge in [-0.05, 0) is 43.5 Å². The molecule has 1 unspecified atom stereocenters. The normalized spacial score (nSPS) is 12.2. The van der Waals surface area contributed by atoms with Gasteiger partial charge in [0.25, 0.3) is 0 Å². The Balaban J connectivity index is 1.71. The first kappa shape index (κ1) is 21.8. The van der Waals surface area contributed by atoms with Crippen molar-refractivity contribution in [2.24, 2.45) is 0 Å². The Hall–Kier alpha value is -3.46. The molecule has 164 valence electrons. The van der Waals surface area contributed by atoms with E-state index in [0.29, 0.717) is 28.5 Å². The predicted molar refractivity (Wildman–Crippen MR) is 124 cm³/mol. The van der Waals surface area contributed by atoms with Crippen molar-refractivity contribution >= 4 is 23.5 Å². The van der Waals surface area contributed by atoms with Gasteiger partial charge < -0.3 is 9.84 Å². The molecule has 0 radical (unpaired) electrons. The Labute approximate surface area is 190 Å². The van der Waals surface area contributed by atoms with Crippen LogP contribution in [0.3, 0.4) is 0 Å². The molecule has 32 heavy (non-hydrogen) atoms. The van der Waals surface area contributed by atoms with Gasteiger partial charge in [-0.1, -0.05) is 49.0 Å². The van der Waals surface area contributed by atoms with Crippen LogP contribution in [0, 0.1) is 6.92 Å². The Morgan fingerprint density at radius 2 is 1.94 bits per heavy atom. The number of thioether (sulfide) groups is 1. The quantitative estimate of drug-likeness (QED) is 0.403. The molecule has 1 N–H and O–H groups in total. The molecule has 4 aromatic rings. The smallest absolute Gasteiger partial charge is 0.238 e. The van der Waals surface area contributed by atoms with E-state index in [0.717, 1.165) is 16.8 Å². The average molecular weight is 449 g/mol. The predicted octanol–water partition coefficient (Wildman–Crippen LogP) is 4.87. The van der Waals surface area contributed by atoms with Crippen LogP contribution in [0.15, 0.2) is 64.5 Å². The van der Waals surface area contributed by atoms with Crippen molar-refractivity contribution in [3.05, 3.63) is 66.2 Å². The second-order valence-corrected chi connectivity index (χ2v) is 8.98. The topological polar surface area (TPSA) is 98.7 Å². The maximum atomic E-state index is 12.7. The molecule has 0 saturated carbocycles. The lowest BCUT2D eigenvalue weighted by molar-refractivity contribution is -0.115. The van der Waals surface area contributed by atoms with Gasteiger partial charge in [0.2, 0.25) is 5.91 Å². The molecule has 0 fully saturated rings. The summed E-state index contributed by atoms with van der Waals surface area (Å²) in [6.45, 7) is 7.89. The molecule has 3 heterocycles. The van der Waals surface area contributed by atoms with E-state index in [1.807, 2.05) is 41.8 Å². The molecule has 0 saturated heterocycles. The second kappa shape index (κ2) is 9.35. The molecule has 8 nitrogen and oxygen atoms in total. The highest BCUT2D eigenvalue weighted by Crippen LogP contribution is 2.33. The number of pyridine rings is 1. The number of hydrogen-bond donors (Lipinski definition) is 1. The van der Waals surface area contributed by atoms with Gasteiger partial charge in [-0.15, -0.1) is 10.2 Å². The molecule has 4 rings (SSSR count). The van der Waals surface area contributed by atoms with Crippen LogP contribution in [-0.4, -0.2) is 36.1 Å². The zero-order chi connectivity index (χ0) is 22.7. The lowest BCUT2D eigenvalue weighted by Gasteiger charge is -2.18. The van der Waals surface area contributed by atoms with E-state index in [1.54, 1.807) is 25.4 Å². The Morgan fingerprint density at radius 3 is 2.62 bits per heavy atom. The minimum absolute atomic E-state index is 0.196. The van der Waals surface area contributed by atoms with Crippen molar-refractivity contribution in [3.8, 4) is 17.1 Å². The number of carbonyl (C=O) groups excluding carboxylic acids is 1. The molecule has 0 spiro atoms. The summed E-state index contributed by atoms with van der Waals surface area (Å²) >= 11 is 1.33. The minimum Gasteiger partial charge on any atom is -0.360 e. The van der Waals surface area contributed by atoms with Gasteiger partial charge >= 0.3 is 0 Å². The summed E-state index contributed by atoms with van der Waals surface area (Å²) < 4.78 is 7.03. The highest BCUT2D eigenvalue weighted by molar-refractivity contribution is 8.00. The van der Waals surface area contributed by atoms with Crippen molar-refractivity contribution in [2.45, 2.75) is 44.0 Å². The molecule has 0 aliphatic rings. The zero-order valence-electron chi connectivity index (χ0n) is 18.3. The molecule has 0 aliphatic heterocycles.